The number of hydrogen-bond donors (Lipinski definition) is 1. The molecule has 0 amide bonds. The molecule has 2 N–H and O–H groups in total. The summed E-state index contributed by atoms with van der Waals surface area (Å²) in [4.78, 5) is 6.54. The molecule has 0 saturated carbocycles. The second kappa shape index (κ2) is 4.28. The van der Waals surface area contributed by atoms with E-state index in [2.05, 4.69) is 9.88 Å². The fourth-order valence-electron chi connectivity index (χ4n) is 1.39. The molecule has 0 fully saturated rings. The predicted molar refractivity (Wildman–Crippen MR) is 54.9 cm³/mol. The Balaban J connectivity index is 2.64. The summed E-state index contributed by atoms with van der Waals surface area (Å²) >= 11 is 0. The molecule has 13 heavy (non-hydrogen) atoms. The van der Waals surface area contributed by atoms with E-state index in [1.54, 1.807) is 0 Å². The van der Waals surface area contributed by atoms with Crippen LogP contribution in [0.3, 0.4) is 0 Å². The summed E-state index contributed by atoms with van der Waals surface area (Å²) in [5.74, 6) is 1.01. The molecule has 1 rings (SSSR count). The molecular weight excluding hydrogens is 164 g/mol. The van der Waals surface area contributed by atoms with Crippen LogP contribution in [-0.4, -0.2) is 29.7 Å². The van der Waals surface area contributed by atoms with E-state index in [1.165, 1.54) is 0 Å². The quantitative estimate of drug-likeness (QED) is 0.738. The van der Waals surface area contributed by atoms with Crippen molar-refractivity contribution in [1.29, 1.82) is 0 Å². The summed E-state index contributed by atoms with van der Waals surface area (Å²) < 4.78 is 2.03. The zero-order chi connectivity index (χ0) is 9.84. The van der Waals surface area contributed by atoms with Crippen molar-refractivity contribution in [1.82, 2.24) is 9.55 Å². The van der Waals surface area contributed by atoms with E-state index < -0.39 is 0 Å². The fraction of sp³-hybridized carbons (Fsp3) is 0.667. The van der Waals surface area contributed by atoms with Gasteiger partial charge in [-0.15, -0.1) is 0 Å². The fourth-order valence-corrected chi connectivity index (χ4v) is 1.39. The first-order chi connectivity index (χ1) is 6.15. The Bertz CT molecular complexity index is 267. The molecule has 0 aliphatic rings. The topological polar surface area (TPSA) is 47.1 Å². The van der Waals surface area contributed by atoms with E-state index in [1.807, 2.05) is 31.8 Å². The second-order valence-corrected chi connectivity index (χ2v) is 3.36. The molecule has 4 heteroatoms. The summed E-state index contributed by atoms with van der Waals surface area (Å²) in [7, 11) is 4.05. The maximum atomic E-state index is 5.44. The maximum Gasteiger partial charge on any atom is 0.205 e. The number of nitrogens with two attached hydrogens (primary N) is 1. The molecule has 1 aromatic heterocycles. The van der Waals surface area contributed by atoms with E-state index in [-0.39, 0.29) is 0 Å². The maximum absolute atomic E-state index is 5.44. The van der Waals surface area contributed by atoms with Crippen molar-refractivity contribution in [3.05, 3.63) is 11.9 Å². The van der Waals surface area contributed by atoms with Gasteiger partial charge in [0.2, 0.25) is 5.95 Å². The van der Waals surface area contributed by atoms with Crippen molar-refractivity contribution in [3.63, 3.8) is 0 Å². The van der Waals surface area contributed by atoms with Crippen molar-refractivity contribution in [3.8, 4) is 0 Å². The lowest BCUT2D eigenvalue weighted by Crippen LogP contribution is -2.23. The Morgan fingerprint density at radius 3 is 2.77 bits per heavy atom. The molecule has 0 aromatic carbocycles. The second-order valence-electron chi connectivity index (χ2n) is 3.36. The van der Waals surface area contributed by atoms with E-state index in [9.17, 15) is 0 Å². The highest BCUT2D eigenvalue weighted by molar-refractivity contribution is 5.31. The van der Waals surface area contributed by atoms with Gasteiger partial charge in [-0.05, 0) is 19.9 Å². The van der Waals surface area contributed by atoms with E-state index in [4.69, 9.17) is 5.73 Å². The van der Waals surface area contributed by atoms with Crippen molar-refractivity contribution in [2.45, 2.75) is 13.3 Å². The number of hydrogen-bond acceptors (Lipinski definition) is 3. The van der Waals surface area contributed by atoms with Crippen LogP contribution in [-0.2, 0) is 7.05 Å². The number of rotatable bonds is 4. The Kier molecular flexibility index (Phi) is 3.31. The van der Waals surface area contributed by atoms with Crippen LogP contribution in [0.1, 0.15) is 12.1 Å². The highest BCUT2D eigenvalue weighted by atomic mass is 15.3. The number of nitrogens with zero attached hydrogens (tertiary/aromatic N) is 3. The van der Waals surface area contributed by atoms with Gasteiger partial charge in [-0.25, -0.2) is 4.98 Å². The number of imidazole rings is 1. The van der Waals surface area contributed by atoms with Gasteiger partial charge >= 0.3 is 0 Å². The van der Waals surface area contributed by atoms with Crippen LogP contribution in [0.15, 0.2) is 6.20 Å². The van der Waals surface area contributed by atoms with E-state index in [0.29, 0.717) is 0 Å². The van der Waals surface area contributed by atoms with Gasteiger partial charge in [-0.2, -0.15) is 0 Å². The monoisotopic (exact) mass is 182 g/mol. The Morgan fingerprint density at radius 1 is 1.62 bits per heavy atom. The van der Waals surface area contributed by atoms with Crippen LogP contribution in [0.2, 0.25) is 0 Å². The molecule has 0 atom stereocenters. The van der Waals surface area contributed by atoms with Crippen LogP contribution in [0.5, 0.6) is 0 Å². The van der Waals surface area contributed by atoms with E-state index >= 15 is 0 Å². The van der Waals surface area contributed by atoms with Crippen molar-refractivity contribution >= 4 is 5.95 Å². The third-order valence-corrected chi connectivity index (χ3v) is 2.01. The third kappa shape index (κ3) is 2.45. The van der Waals surface area contributed by atoms with Crippen LogP contribution < -0.4 is 10.6 Å². The highest BCUT2D eigenvalue weighted by Gasteiger charge is 2.06. The van der Waals surface area contributed by atoms with Crippen LogP contribution in [0, 0.1) is 6.92 Å². The molecule has 0 bridgehead atoms. The van der Waals surface area contributed by atoms with Gasteiger partial charge in [-0.1, -0.05) is 0 Å². The number of anilines is 1. The Hall–Kier alpha value is -1.03. The molecule has 1 heterocycles. The lowest BCUT2D eigenvalue weighted by atomic mass is 10.4. The predicted octanol–water partition coefficient (Wildman–Crippen LogP) is 0.514. The number of aromatic nitrogens is 2. The first-order valence-electron chi connectivity index (χ1n) is 4.56. The summed E-state index contributed by atoms with van der Waals surface area (Å²) in [6.07, 6.45) is 3.02. The van der Waals surface area contributed by atoms with Gasteiger partial charge in [0, 0.05) is 26.8 Å². The zero-order valence-electron chi connectivity index (χ0n) is 8.62. The first-order valence-corrected chi connectivity index (χ1v) is 4.56. The molecule has 1 aromatic rings. The number of aryl methyl sites for hydroxylation is 2. The van der Waals surface area contributed by atoms with Gasteiger partial charge < -0.3 is 15.2 Å². The normalized spacial score (nSPS) is 10.5. The van der Waals surface area contributed by atoms with Gasteiger partial charge in [0.25, 0.3) is 0 Å². The smallest absolute Gasteiger partial charge is 0.205 e. The molecule has 0 unspecified atom stereocenters. The average Bonchev–Trinajstić information content (AvgIpc) is 2.41. The molecule has 0 spiro atoms. The van der Waals surface area contributed by atoms with Crippen molar-refractivity contribution in [2.75, 3.05) is 25.0 Å². The molecule has 74 valence electrons. The van der Waals surface area contributed by atoms with Crippen molar-refractivity contribution in [2.24, 2.45) is 12.8 Å². The van der Waals surface area contributed by atoms with Gasteiger partial charge in [0.15, 0.2) is 0 Å². The molecular formula is C9H18N4. The van der Waals surface area contributed by atoms with Gasteiger partial charge in [0.1, 0.15) is 0 Å². The zero-order valence-corrected chi connectivity index (χ0v) is 8.62. The molecule has 0 radical (unpaired) electrons. The highest BCUT2D eigenvalue weighted by Crippen LogP contribution is 2.10. The summed E-state index contributed by atoms with van der Waals surface area (Å²) in [6, 6.07) is 0. The molecule has 0 aliphatic heterocycles. The van der Waals surface area contributed by atoms with Crippen molar-refractivity contribution < 1.29 is 0 Å². The molecule has 0 saturated heterocycles. The summed E-state index contributed by atoms with van der Waals surface area (Å²) in [6.45, 7) is 3.69. The summed E-state index contributed by atoms with van der Waals surface area (Å²) in [5.41, 5.74) is 6.50. The largest absolute Gasteiger partial charge is 0.345 e. The average molecular weight is 182 g/mol. The van der Waals surface area contributed by atoms with Crippen LogP contribution in [0.4, 0.5) is 5.95 Å². The minimum Gasteiger partial charge on any atom is -0.345 e. The Morgan fingerprint density at radius 2 is 2.31 bits per heavy atom. The summed E-state index contributed by atoms with van der Waals surface area (Å²) in [5, 5.41) is 0. The van der Waals surface area contributed by atoms with Gasteiger partial charge in [0.05, 0.1) is 5.69 Å². The van der Waals surface area contributed by atoms with Gasteiger partial charge in [-0.3, -0.25) is 0 Å². The first kappa shape index (κ1) is 10.1. The SMILES string of the molecule is Cc1cn(C)c(N(C)CCCN)n1. The van der Waals surface area contributed by atoms with Crippen LogP contribution in [0.25, 0.3) is 0 Å². The molecule has 4 nitrogen and oxygen atoms in total. The minimum atomic E-state index is 0.730. The lowest BCUT2D eigenvalue weighted by Gasteiger charge is -2.17. The van der Waals surface area contributed by atoms with Crippen LogP contribution >= 0.6 is 0 Å². The third-order valence-electron chi connectivity index (χ3n) is 2.01. The lowest BCUT2D eigenvalue weighted by molar-refractivity contribution is 0.751. The molecule has 0 aliphatic carbocycles. The minimum absolute atomic E-state index is 0.730. The Labute approximate surface area is 79.4 Å². The standard InChI is InChI=1S/C9H18N4/c1-8-7-13(3)9(11-8)12(2)6-4-5-10/h7H,4-6,10H2,1-3H3. The van der Waals surface area contributed by atoms with E-state index in [0.717, 1.165) is 31.2 Å².